The summed E-state index contributed by atoms with van der Waals surface area (Å²) in [6, 6.07) is 0. The van der Waals surface area contributed by atoms with Crippen LogP contribution in [0.5, 0.6) is 0 Å². The normalized spacial score (nSPS) is 8.56. The van der Waals surface area contributed by atoms with Crippen LogP contribution in [0.15, 0.2) is 4.58 Å². The lowest BCUT2D eigenvalue weighted by molar-refractivity contribution is -0.133. The van der Waals surface area contributed by atoms with Crippen molar-refractivity contribution >= 4 is 18.2 Å². The maximum Gasteiger partial charge on any atom is 0.319 e. The van der Waals surface area contributed by atoms with E-state index in [4.69, 9.17) is 0 Å². The van der Waals surface area contributed by atoms with E-state index in [2.05, 4.69) is 8.77 Å². The molecular formula is C4H7NO3S. The van der Waals surface area contributed by atoms with Crippen LogP contribution in [-0.2, 0) is 8.98 Å². The molecule has 0 aliphatic carbocycles. The standard InChI is InChI=1S/C4H7NO3S/c1-2-3-4(6)8-9-5-7/h2-3H2,1H3. The highest BCUT2D eigenvalue weighted by molar-refractivity contribution is 7.93. The topological polar surface area (TPSA) is 55.7 Å². The van der Waals surface area contributed by atoms with Gasteiger partial charge in [-0.1, -0.05) is 6.92 Å². The second-order valence-electron chi connectivity index (χ2n) is 1.35. The van der Waals surface area contributed by atoms with Crippen molar-refractivity contribution in [3.63, 3.8) is 0 Å². The molecule has 0 unspecified atom stereocenters. The van der Waals surface area contributed by atoms with E-state index in [1.807, 2.05) is 6.92 Å². The molecule has 0 aliphatic heterocycles. The molecule has 0 saturated heterocycles. The summed E-state index contributed by atoms with van der Waals surface area (Å²) in [6.45, 7) is 1.85. The molecule has 52 valence electrons. The van der Waals surface area contributed by atoms with E-state index in [0.29, 0.717) is 6.42 Å². The molecule has 0 aromatic rings. The van der Waals surface area contributed by atoms with Crippen LogP contribution >= 0.6 is 12.2 Å². The van der Waals surface area contributed by atoms with Crippen molar-refractivity contribution in [2.75, 3.05) is 0 Å². The molecular weight excluding hydrogens is 142 g/mol. The Labute approximate surface area is 57.3 Å². The molecule has 0 spiro atoms. The number of nitrogens with zero attached hydrogens (tertiary/aromatic N) is 1. The Morgan fingerprint density at radius 1 is 1.78 bits per heavy atom. The summed E-state index contributed by atoms with van der Waals surface area (Å²) in [5.41, 5.74) is 0. The van der Waals surface area contributed by atoms with E-state index in [1.54, 1.807) is 0 Å². The van der Waals surface area contributed by atoms with Crippen LogP contribution < -0.4 is 0 Å². The van der Waals surface area contributed by atoms with Crippen molar-refractivity contribution in [2.45, 2.75) is 19.8 Å². The molecule has 0 saturated carbocycles. The highest BCUT2D eigenvalue weighted by Crippen LogP contribution is 2.04. The molecule has 4 nitrogen and oxygen atoms in total. The first-order chi connectivity index (χ1) is 4.31. The molecule has 0 rings (SSSR count). The average molecular weight is 149 g/mol. The average Bonchev–Trinajstić information content (AvgIpc) is 1.85. The Bertz CT molecular complexity index is 106. The van der Waals surface area contributed by atoms with E-state index in [-0.39, 0.29) is 12.2 Å². The summed E-state index contributed by atoms with van der Waals surface area (Å²) in [5.74, 6) is -0.401. The summed E-state index contributed by atoms with van der Waals surface area (Å²) in [5, 5.41) is 0. The Kier molecular flexibility index (Phi) is 5.20. The van der Waals surface area contributed by atoms with Gasteiger partial charge in [0.2, 0.25) is 12.2 Å². The SMILES string of the molecule is CCCC(=O)OSN=O. The quantitative estimate of drug-likeness (QED) is 0.346. The molecule has 0 aromatic heterocycles. The van der Waals surface area contributed by atoms with Crippen LogP contribution in [0, 0.1) is 4.91 Å². The summed E-state index contributed by atoms with van der Waals surface area (Å²) < 4.78 is 6.51. The number of rotatable bonds is 4. The number of carbonyl (C=O) groups is 1. The lowest BCUT2D eigenvalue weighted by atomic mass is 10.4. The van der Waals surface area contributed by atoms with Crippen LogP contribution in [0.1, 0.15) is 19.8 Å². The van der Waals surface area contributed by atoms with Crippen molar-refractivity contribution < 1.29 is 8.98 Å². The van der Waals surface area contributed by atoms with E-state index in [1.165, 1.54) is 0 Å². The molecule has 9 heavy (non-hydrogen) atoms. The van der Waals surface area contributed by atoms with Crippen molar-refractivity contribution in [3.05, 3.63) is 4.91 Å². The minimum absolute atomic E-state index is 0.276. The van der Waals surface area contributed by atoms with Gasteiger partial charge in [0, 0.05) is 11.0 Å². The van der Waals surface area contributed by atoms with Crippen LogP contribution in [0.3, 0.4) is 0 Å². The maximum atomic E-state index is 10.4. The fourth-order valence-corrected chi connectivity index (χ4v) is 0.499. The molecule has 0 radical (unpaired) electrons. The van der Waals surface area contributed by atoms with Gasteiger partial charge in [-0.2, -0.15) is 0 Å². The van der Waals surface area contributed by atoms with Crippen molar-refractivity contribution in [3.8, 4) is 0 Å². The molecule has 0 aromatic carbocycles. The van der Waals surface area contributed by atoms with Gasteiger partial charge >= 0.3 is 5.97 Å². The van der Waals surface area contributed by atoms with E-state index >= 15 is 0 Å². The summed E-state index contributed by atoms with van der Waals surface area (Å²) >= 11 is 0.276. The summed E-state index contributed by atoms with van der Waals surface area (Å²) in [4.78, 5) is 19.7. The summed E-state index contributed by atoms with van der Waals surface area (Å²) in [6.07, 6.45) is 1.06. The maximum absolute atomic E-state index is 10.4. The zero-order valence-corrected chi connectivity index (χ0v) is 5.81. The van der Waals surface area contributed by atoms with Crippen LogP contribution in [0.25, 0.3) is 0 Å². The Morgan fingerprint density at radius 2 is 2.44 bits per heavy atom. The molecule has 0 atom stereocenters. The van der Waals surface area contributed by atoms with Gasteiger partial charge in [0.1, 0.15) is 0 Å². The first-order valence-corrected chi connectivity index (χ1v) is 3.20. The monoisotopic (exact) mass is 149 g/mol. The van der Waals surface area contributed by atoms with Gasteiger partial charge in [0.15, 0.2) is 0 Å². The largest absolute Gasteiger partial charge is 0.366 e. The molecule has 0 heterocycles. The van der Waals surface area contributed by atoms with Gasteiger partial charge in [-0.15, -0.1) is 4.91 Å². The predicted molar refractivity (Wildman–Crippen MR) is 34.4 cm³/mol. The molecule has 0 amide bonds. The predicted octanol–water partition coefficient (Wildman–Crippen LogP) is 1.66. The number of hydrogen-bond acceptors (Lipinski definition) is 5. The molecule has 0 aliphatic rings. The van der Waals surface area contributed by atoms with Gasteiger partial charge in [-0.25, -0.2) is 0 Å². The third-order valence-electron chi connectivity index (χ3n) is 0.615. The summed E-state index contributed by atoms with van der Waals surface area (Å²) in [7, 11) is 0. The van der Waals surface area contributed by atoms with Gasteiger partial charge in [-0.05, 0) is 6.42 Å². The minimum Gasteiger partial charge on any atom is -0.366 e. The van der Waals surface area contributed by atoms with Crippen LogP contribution in [0.2, 0.25) is 0 Å². The van der Waals surface area contributed by atoms with Gasteiger partial charge < -0.3 is 4.18 Å². The zero-order chi connectivity index (χ0) is 7.11. The van der Waals surface area contributed by atoms with Gasteiger partial charge in [-0.3, -0.25) is 4.79 Å². The smallest absolute Gasteiger partial charge is 0.319 e. The van der Waals surface area contributed by atoms with E-state index < -0.39 is 5.97 Å². The van der Waals surface area contributed by atoms with Crippen molar-refractivity contribution in [1.82, 2.24) is 0 Å². The number of carbonyl (C=O) groups excluding carboxylic acids is 1. The van der Waals surface area contributed by atoms with E-state index in [0.717, 1.165) is 6.42 Å². The highest BCUT2D eigenvalue weighted by atomic mass is 32.2. The number of nitroso groups, excluding NO2 is 1. The Hall–Kier alpha value is -0.580. The van der Waals surface area contributed by atoms with Gasteiger partial charge in [0.25, 0.3) is 0 Å². The van der Waals surface area contributed by atoms with Crippen molar-refractivity contribution in [1.29, 1.82) is 0 Å². The fraction of sp³-hybridized carbons (Fsp3) is 0.750. The van der Waals surface area contributed by atoms with Gasteiger partial charge in [0.05, 0.1) is 0 Å². The number of hydrogen-bond donors (Lipinski definition) is 0. The van der Waals surface area contributed by atoms with Crippen LogP contribution in [0.4, 0.5) is 0 Å². The van der Waals surface area contributed by atoms with Crippen LogP contribution in [-0.4, -0.2) is 5.97 Å². The molecule has 5 heteroatoms. The Morgan fingerprint density at radius 3 is 2.89 bits per heavy atom. The molecule has 0 N–H and O–H groups in total. The first-order valence-electron chi connectivity index (χ1n) is 2.50. The second-order valence-corrected chi connectivity index (χ2v) is 1.82. The van der Waals surface area contributed by atoms with E-state index in [9.17, 15) is 9.70 Å². The lowest BCUT2D eigenvalue weighted by Gasteiger charge is -1.91. The Balaban J connectivity index is 3.16. The first kappa shape index (κ1) is 8.42. The second kappa shape index (κ2) is 5.55. The molecule has 0 bridgehead atoms. The highest BCUT2D eigenvalue weighted by Gasteiger charge is 1.99. The third kappa shape index (κ3) is 5.29. The minimum atomic E-state index is -0.401. The lowest BCUT2D eigenvalue weighted by Crippen LogP contribution is -1.95. The fourth-order valence-electron chi connectivity index (χ4n) is 0.303. The van der Waals surface area contributed by atoms with Crippen molar-refractivity contribution in [2.24, 2.45) is 4.58 Å². The zero-order valence-electron chi connectivity index (χ0n) is 4.99. The molecule has 0 fully saturated rings. The third-order valence-corrected chi connectivity index (χ3v) is 0.936.